The van der Waals surface area contributed by atoms with Crippen LogP contribution >= 0.6 is 0 Å². The number of rotatable bonds is 5. The lowest BCUT2D eigenvalue weighted by atomic mass is 9.94. The normalized spacial score (nSPS) is 23.7. The van der Waals surface area contributed by atoms with Crippen LogP contribution in [0.4, 0.5) is 17.5 Å². The summed E-state index contributed by atoms with van der Waals surface area (Å²) >= 11 is 0. The maximum absolute atomic E-state index is 13.6. The molecule has 1 unspecified atom stereocenters. The van der Waals surface area contributed by atoms with Gasteiger partial charge in [0.15, 0.2) is 5.78 Å². The fourth-order valence-corrected chi connectivity index (χ4v) is 6.33. The highest BCUT2D eigenvalue weighted by atomic mass is 16.1. The molecule has 2 N–H and O–H groups in total. The van der Waals surface area contributed by atoms with Crippen molar-refractivity contribution in [2.75, 3.05) is 36.4 Å². The van der Waals surface area contributed by atoms with Crippen molar-refractivity contribution in [3.8, 4) is 0 Å². The number of nitrogens with zero attached hydrogens (tertiary/aromatic N) is 5. The molecular weight excluding hydrogens is 442 g/mol. The van der Waals surface area contributed by atoms with Gasteiger partial charge in [-0.25, -0.2) is 9.97 Å². The molecule has 3 atom stereocenters. The second-order valence-corrected chi connectivity index (χ2v) is 10.2. The second-order valence-electron chi connectivity index (χ2n) is 10.2. The van der Waals surface area contributed by atoms with E-state index < -0.39 is 0 Å². The highest BCUT2D eigenvalue weighted by Gasteiger charge is 2.42. The Morgan fingerprint density at radius 3 is 2.60 bits per heavy atom. The number of Topliss-reactive ketones (excluding diaryl/α,β-unsaturated/α-hetero) is 1. The lowest BCUT2D eigenvalue weighted by Gasteiger charge is -2.29. The molecule has 2 bridgehead atoms. The van der Waals surface area contributed by atoms with Crippen LogP contribution in [0.5, 0.6) is 0 Å². The van der Waals surface area contributed by atoms with Gasteiger partial charge in [0.2, 0.25) is 5.95 Å². The molecule has 0 aromatic carbocycles. The SMILES string of the molecule is CC(=O)c1c(C)c2cnc(Nc3ccc(N4CCNCC4)cn3)nc2n(C2C[C@H]3CC[C@@H]2C3)c1=O. The molecule has 2 aliphatic carbocycles. The van der Waals surface area contributed by atoms with Gasteiger partial charge in [-0.15, -0.1) is 0 Å². The van der Waals surface area contributed by atoms with E-state index in [1.807, 2.05) is 19.2 Å². The summed E-state index contributed by atoms with van der Waals surface area (Å²) < 4.78 is 1.80. The van der Waals surface area contributed by atoms with Crippen molar-refractivity contribution in [3.05, 3.63) is 46.0 Å². The molecule has 1 saturated heterocycles. The third-order valence-corrected chi connectivity index (χ3v) is 8.06. The zero-order chi connectivity index (χ0) is 24.1. The number of anilines is 3. The summed E-state index contributed by atoms with van der Waals surface area (Å²) in [4.78, 5) is 42.2. The van der Waals surface area contributed by atoms with E-state index in [9.17, 15) is 9.59 Å². The fraction of sp³-hybridized carbons (Fsp3) is 0.500. The van der Waals surface area contributed by atoms with Crippen LogP contribution < -0.4 is 21.1 Å². The minimum absolute atomic E-state index is 0.0849. The van der Waals surface area contributed by atoms with Crippen LogP contribution in [0.3, 0.4) is 0 Å². The molecule has 2 saturated carbocycles. The number of aromatic nitrogens is 4. The van der Waals surface area contributed by atoms with Gasteiger partial charge < -0.3 is 15.5 Å². The zero-order valence-electron chi connectivity index (χ0n) is 20.3. The van der Waals surface area contributed by atoms with Gasteiger partial charge in [0.05, 0.1) is 17.4 Å². The predicted molar refractivity (Wildman–Crippen MR) is 136 cm³/mol. The number of fused-ring (bicyclic) bond motifs is 3. The molecule has 1 aliphatic heterocycles. The summed E-state index contributed by atoms with van der Waals surface area (Å²) in [6.07, 6.45) is 8.08. The molecule has 9 heteroatoms. The van der Waals surface area contributed by atoms with Crippen molar-refractivity contribution in [3.63, 3.8) is 0 Å². The predicted octanol–water partition coefficient (Wildman–Crippen LogP) is 3.21. The summed E-state index contributed by atoms with van der Waals surface area (Å²) in [6.45, 7) is 7.15. The largest absolute Gasteiger partial charge is 0.368 e. The van der Waals surface area contributed by atoms with Crippen LogP contribution in [0.25, 0.3) is 11.0 Å². The first-order chi connectivity index (χ1) is 17.0. The van der Waals surface area contributed by atoms with Crippen molar-refractivity contribution < 1.29 is 4.79 Å². The van der Waals surface area contributed by atoms with Crippen LogP contribution in [0.1, 0.15) is 54.6 Å². The molecular formula is C26H31N7O2. The number of hydrogen-bond donors (Lipinski definition) is 2. The van der Waals surface area contributed by atoms with E-state index in [0.29, 0.717) is 34.8 Å². The van der Waals surface area contributed by atoms with Gasteiger partial charge in [-0.1, -0.05) is 6.42 Å². The van der Waals surface area contributed by atoms with Crippen molar-refractivity contribution in [1.82, 2.24) is 24.8 Å². The first-order valence-electron chi connectivity index (χ1n) is 12.6. The Balaban J connectivity index is 1.38. The monoisotopic (exact) mass is 473 g/mol. The average Bonchev–Trinajstić information content (AvgIpc) is 3.49. The minimum atomic E-state index is -0.219. The van der Waals surface area contributed by atoms with Gasteiger partial charge in [0.1, 0.15) is 11.5 Å². The molecule has 0 radical (unpaired) electrons. The van der Waals surface area contributed by atoms with Gasteiger partial charge in [-0.2, -0.15) is 4.98 Å². The maximum atomic E-state index is 13.6. The van der Waals surface area contributed by atoms with Crippen molar-refractivity contribution in [2.45, 2.75) is 45.6 Å². The Kier molecular flexibility index (Phi) is 5.51. The first-order valence-corrected chi connectivity index (χ1v) is 12.6. The molecule has 9 nitrogen and oxygen atoms in total. The smallest absolute Gasteiger partial charge is 0.263 e. The fourth-order valence-electron chi connectivity index (χ4n) is 6.33. The van der Waals surface area contributed by atoms with Gasteiger partial charge in [0, 0.05) is 43.8 Å². The average molecular weight is 474 g/mol. The number of piperazine rings is 1. The van der Waals surface area contributed by atoms with Crippen molar-refractivity contribution in [2.24, 2.45) is 11.8 Å². The standard InChI is InChI=1S/C26H31N7O2/c1-15-20-14-29-26(30-22-6-5-19(13-28-22)32-9-7-27-8-10-32)31-24(20)33(25(35)23(15)16(2)34)21-12-17-3-4-18(21)11-17/h5-6,13-14,17-18,21,27H,3-4,7-12H2,1-2H3,(H,28,29,30,31)/t17-,18+,21?/m0/s1. The lowest BCUT2D eigenvalue weighted by Crippen LogP contribution is -2.43. The number of carbonyl (C=O) groups is 1. The third kappa shape index (κ3) is 3.87. The van der Waals surface area contributed by atoms with E-state index in [4.69, 9.17) is 4.98 Å². The van der Waals surface area contributed by atoms with E-state index in [1.54, 1.807) is 10.8 Å². The summed E-state index contributed by atoms with van der Waals surface area (Å²) in [5, 5.41) is 7.32. The number of hydrogen-bond acceptors (Lipinski definition) is 8. The van der Waals surface area contributed by atoms with E-state index in [-0.39, 0.29) is 22.9 Å². The highest BCUT2D eigenvalue weighted by molar-refractivity contribution is 5.99. The van der Waals surface area contributed by atoms with Crippen LogP contribution in [0, 0.1) is 18.8 Å². The molecule has 3 aromatic rings. The van der Waals surface area contributed by atoms with Crippen LogP contribution in [-0.4, -0.2) is 51.5 Å². The summed E-state index contributed by atoms with van der Waals surface area (Å²) in [7, 11) is 0. The Bertz CT molecular complexity index is 1340. The molecule has 6 rings (SSSR count). The van der Waals surface area contributed by atoms with Gasteiger partial charge >= 0.3 is 0 Å². The maximum Gasteiger partial charge on any atom is 0.263 e. The van der Waals surface area contributed by atoms with E-state index in [1.165, 1.54) is 13.3 Å². The number of aryl methyl sites for hydroxylation is 1. The Labute approximate surface area is 204 Å². The molecule has 35 heavy (non-hydrogen) atoms. The van der Waals surface area contributed by atoms with E-state index in [2.05, 4.69) is 31.6 Å². The second kappa shape index (κ2) is 8.71. The summed E-state index contributed by atoms with van der Waals surface area (Å²) in [5.74, 6) is 1.96. The highest BCUT2D eigenvalue weighted by Crippen LogP contribution is 2.50. The molecule has 3 aliphatic rings. The molecule has 4 heterocycles. The number of ketones is 1. The quantitative estimate of drug-likeness (QED) is 0.545. The topological polar surface area (TPSA) is 105 Å². The Morgan fingerprint density at radius 2 is 1.94 bits per heavy atom. The molecule has 3 fully saturated rings. The molecule has 0 spiro atoms. The van der Waals surface area contributed by atoms with Crippen molar-refractivity contribution in [1.29, 1.82) is 0 Å². The number of nitrogens with one attached hydrogen (secondary N) is 2. The Hall–Kier alpha value is -3.33. The zero-order valence-corrected chi connectivity index (χ0v) is 20.3. The van der Waals surface area contributed by atoms with Gasteiger partial charge in [-0.3, -0.25) is 14.2 Å². The van der Waals surface area contributed by atoms with Crippen molar-refractivity contribution >= 4 is 34.3 Å². The van der Waals surface area contributed by atoms with E-state index in [0.717, 1.165) is 56.5 Å². The summed E-state index contributed by atoms with van der Waals surface area (Å²) in [6, 6.07) is 4.07. The minimum Gasteiger partial charge on any atom is -0.368 e. The van der Waals surface area contributed by atoms with E-state index >= 15 is 0 Å². The van der Waals surface area contributed by atoms with Gasteiger partial charge in [-0.05, 0) is 62.6 Å². The molecule has 182 valence electrons. The number of pyridine rings is 2. The number of carbonyl (C=O) groups excluding carboxylic acids is 1. The van der Waals surface area contributed by atoms with Crippen LogP contribution in [0.2, 0.25) is 0 Å². The van der Waals surface area contributed by atoms with Gasteiger partial charge in [0.25, 0.3) is 5.56 Å². The third-order valence-electron chi connectivity index (χ3n) is 8.06. The lowest BCUT2D eigenvalue weighted by molar-refractivity contribution is 0.101. The molecule has 3 aromatic heterocycles. The summed E-state index contributed by atoms with van der Waals surface area (Å²) in [5.41, 5.74) is 2.39. The Morgan fingerprint density at radius 1 is 1.11 bits per heavy atom. The van der Waals surface area contributed by atoms with Crippen LogP contribution in [-0.2, 0) is 0 Å². The first kappa shape index (κ1) is 22.2. The van der Waals surface area contributed by atoms with Crippen LogP contribution in [0.15, 0.2) is 29.3 Å². The molecule has 0 amide bonds.